The van der Waals surface area contributed by atoms with Gasteiger partial charge in [-0.15, -0.1) is 0 Å². The van der Waals surface area contributed by atoms with Crippen molar-refractivity contribution < 1.29 is 4.79 Å². The van der Waals surface area contributed by atoms with Crippen molar-refractivity contribution in [3.63, 3.8) is 0 Å². The molecule has 0 fully saturated rings. The number of aromatic nitrogens is 4. The minimum atomic E-state index is 0.158. The van der Waals surface area contributed by atoms with Gasteiger partial charge in [-0.05, 0) is 73.7 Å². The molecule has 0 bridgehead atoms. The van der Waals surface area contributed by atoms with Gasteiger partial charge in [0.1, 0.15) is 0 Å². The van der Waals surface area contributed by atoms with Crippen LogP contribution < -0.4 is 0 Å². The maximum absolute atomic E-state index is 12.2. The fourth-order valence-electron chi connectivity index (χ4n) is 5.65. The SMILES string of the molecule is O=C1CC(CCC2=NN=C(c3ccccc3)C2)=Nc2ccccc21.c1ccc(-n2ccc(CCc3cnc4ccccc4n3)n2)cc1. The van der Waals surface area contributed by atoms with Crippen LogP contribution in [-0.4, -0.2) is 42.7 Å². The molecule has 0 unspecified atom stereocenters. The summed E-state index contributed by atoms with van der Waals surface area (Å²) in [4.78, 5) is 25.9. The molecule has 0 saturated carbocycles. The fraction of sp³-hybridized carbons (Fsp3) is 0.154. The van der Waals surface area contributed by atoms with Gasteiger partial charge in [-0.1, -0.05) is 72.8 Å². The van der Waals surface area contributed by atoms with Gasteiger partial charge in [0.25, 0.3) is 0 Å². The van der Waals surface area contributed by atoms with Crippen molar-refractivity contribution >= 4 is 39.6 Å². The van der Waals surface area contributed by atoms with Crippen LogP contribution >= 0.6 is 0 Å². The lowest BCUT2D eigenvalue weighted by Crippen LogP contribution is -2.14. The van der Waals surface area contributed by atoms with E-state index in [-0.39, 0.29) is 5.78 Å². The molecule has 0 N–H and O–H groups in total. The number of fused-ring (bicyclic) bond motifs is 2. The van der Waals surface area contributed by atoms with Crippen LogP contribution in [0.5, 0.6) is 0 Å². The molecule has 0 spiro atoms. The number of rotatable bonds is 8. The molecule has 2 aliphatic rings. The Hall–Kier alpha value is -5.89. The van der Waals surface area contributed by atoms with Gasteiger partial charge in [-0.2, -0.15) is 15.3 Å². The summed E-state index contributed by atoms with van der Waals surface area (Å²) in [5.41, 5.74) is 10.7. The molecule has 230 valence electrons. The van der Waals surface area contributed by atoms with E-state index in [0.717, 1.165) is 94.2 Å². The first kappa shape index (κ1) is 29.8. The molecule has 6 aromatic rings. The second-order valence-electron chi connectivity index (χ2n) is 11.5. The molecule has 0 atom stereocenters. The minimum Gasteiger partial charge on any atom is -0.294 e. The van der Waals surface area contributed by atoms with Crippen LogP contribution in [0.1, 0.15) is 53.0 Å². The molecule has 0 saturated heterocycles. The van der Waals surface area contributed by atoms with Crippen molar-refractivity contribution in [2.24, 2.45) is 15.2 Å². The predicted octanol–water partition coefficient (Wildman–Crippen LogP) is 7.98. The van der Waals surface area contributed by atoms with E-state index in [9.17, 15) is 4.79 Å². The monoisotopic (exact) mass is 615 g/mol. The third-order valence-corrected chi connectivity index (χ3v) is 8.14. The summed E-state index contributed by atoms with van der Waals surface area (Å²) in [5, 5.41) is 13.2. The van der Waals surface area contributed by atoms with E-state index < -0.39 is 0 Å². The molecule has 47 heavy (non-hydrogen) atoms. The quantitative estimate of drug-likeness (QED) is 0.173. The Morgan fingerprint density at radius 3 is 2.17 bits per heavy atom. The number of aliphatic imine (C=N–C) groups is 1. The molecule has 2 aromatic heterocycles. The van der Waals surface area contributed by atoms with Crippen molar-refractivity contribution in [3.05, 3.63) is 150 Å². The van der Waals surface area contributed by atoms with Crippen molar-refractivity contribution in [1.82, 2.24) is 19.7 Å². The fourth-order valence-corrected chi connectivity index (χ4v) is 5.65. The van der Waals surface area contributed by atoms with Gasteiger partial charge < -0.3 is 0 Å². The molecule has 2 aliphatic heterocycles. The molecule has 0 radical (unpaired) electrons. The summed E-state index contributed by atoms with van der Waals surface area (Å²) in [5.74, 6) is 0.158. The Balaban J connectivity index is 0.000000150. The summed E-state index contributed by atoms with van der Waals surface area (Å²) in [6, 6.07) is 37.8. The normalized spacial score (nSPS) is 13.7. The molecule has 8 heteroatoms. The average Bonchev–Trinajstić information content (AvgIpc) is 3.82. The standard InChI is InChI=1S/C20H17N3O.C19H16N4/c24-20-13-15(21-18-9-5-4-8-17(18)20)10-11-16-12-19(23-22-16)14-6-2-1-3-7-14;1-2-6-17(7-3-1)23-13-12-15(22-23)10-11-16-14-20-18-8-4-5-9-19(18)21-16/h1-9H,10-13H2;1-9,12-14H,10-11H2. The van der Waals surface area contributed by atoms with E-state index in [1.807, 2.05) is 114 Å². The zero-order chi connectivity index (χ0) is 31.8. The van der Waals surface area contributed by atoms with E-state index >= 15 is 0 Å². The molecule has 4 heterocycles. The number of Topliss-reactive ketones (excluding diaryl/α,β-unsaturated/α-hetero) is 1. The summed E-state index contributed by atoms with van der Waals surface area (Å²) in [6.07, 6.45) is 8.30. The number of hydrogen-bond donors (Lipinski definition) is 0. The summed E-state index contributed by atoms with van der Waals surface area (Å²) >= 11 is 0. The van der Waals surface area contributed by atoms with Crippen LogP contribution in [0, 0.1) is 0 Å². The Morgan fingerprint density at radius 2 is 1.32 bits per heavy atom. The van der Waals surface area contributed by atoms with E-state index in [1.165, 1.54) is 0 Å². The number of para-hydroxylation sites is 4. The lowest BCUT2D eigenvalue weighted by Gasteiger charge is -2.14. The minimum absolute atomic E-state index is 0.158. The zero-order valence-corrected chi connectivity index (χ0v) is 25.9. The Morgan fingerprint density at radius 1 is 0.617 bits per heavy atom. The summed E-state index contributed by atoms with van der Waals surface area (Å²) < 4.78 is 1.90. The Kier molecular flexibility index (Phi) is 8.90. The Labute approximate surface area is 273 Å². The molecule has 4 aromatic carbocycles. The largest absolute Gasteiger partial charge is 0.294 e. The lowest BCUT2D eigenvalue weighted by atomic mass is 9.96. The highest BCUT2D eigenvalue weighted by molar-refractivity contribution is 6.18. The molecule has 8 nitrogen and oxygen atoms in total. The van der Waals surface area contributed by atoms with Gasteiger partial charge >= 0.3 is 0 Å². The zero-order valence-electron chi connectivity index (χ0n) is 25.9. The first-order valence-electron chi connectivity index (χ1n) is 15.8. The number of carbonyl (C=O) groups is 1. The average molecular weight is 616 g/mol. The van der Waals surface area contributed by atoms with Gasteiger partial charge in [0.15, 0.2) is 5.78 Å². The van der Waals surface area contributed by atoms with Crippen molar-refractivity contribution in [2.75, 3.05) is 0 Å². The van der Waals surface area contributed by atoms with Gasteiger partial charge in [-0.25, -0.2) is 9.67 Å². The van der Waals surface area contributed by atoms with Crippen LogP contribution in [0.3, 0.4) is 0 Å². The van der Waals surface area contributed by atoms with E-state index in [2.05, 4.69) is 48.5 Å². The number of nitrogens with zero attached hydrogens (tertiary/aromatic N) is 7. The van der Waals surface area contributed by atoms with E-state index in [4.69, 9.17) is 0 Å². The first-order chi connectivity index (χ1) is 23.2. The van der Waals surface area contributed by atoms with Gasteiger partial charge in [0.05, 0.1) is 39.5 Å². The molecule has 0 amide bonds. The maximum Gasteiger partial charge on any atom is 0.170 e. The molecule has 8 rings (SSSR count). The van der Waals surface area contributed by atoms with Gasteiger partial charge in [0.2, 0.25) is 0 Å². The molecular formula is C39H33N7O. The number of carbonyl (C=O) groups excluding carboxylic acids is 1. The van der Waals surface area contributed by atoms with Crippen molar-refractivity contribution in [3.8, 4) is 5.69 Å². The lowest BCUT2D eigenvalue weighted by molar-refractivity contribution is 0.0999. The predicted molar refractivity (Wildman–Crippen MR) is 187 cm³/mol. The van der Waals surface area contributed by atoms with Gasteiger partial charge in [-0.3, -0.25) is 14.8 Å². The van der Waals surface area contributed by atoms with Crippen LogP contribution in [0.2, 0.25) is 0 Å². The second kappa shape index (κ2) is 14.0. The van der Waals surface area contributed by atoms with Gasteiger partial charge in [0, 0.05) is 42.2 Å². The molecule has 0 aliphatic carbocycles. The number of hydrogen-bond acceptors (Lipinski definition) is 7. The highest BCUT2D eigenvalue weighted by atomic mass is 16.1. The van der Waals surface area contributed by atoms with E-state index in [1.54, 1.807) is 0 Å². The van der Waals surface area contributed by atoms with Crippen molar-refractivity contribution in [2.45, 2.75) is 38.5 Å². The van der Waals surface area contributed by atoms with Crippen LogP contribution in [0.15, 0.2) is 143 Å². The van der Waals surface area contributed by atoms with Crippen LogP contribution in [0.4, 0.5) is 5.69 Å². The first-order valence-corrected chi connectivity index (χ1v) is 15.8. The Bertz CT molecular complexity index is 2110. The third kappa shape index (κ3) is 7.34. The number of benzene rings is 4. The highest BCUT2D eigenvalue weighted by Crippen LogP contribution is 2.27. The summed E-state index contributed by atoms with van der Waals surface area (Å²) in [6.45, 7) is 0. The topological polar surface area (TPSA) is 97.8 Å². The van der Waals surface area contributed by atoms with Crippen LogP contribution in [0.25, 0.3) is 16.7 Å². The summed E-state index contributed by atoms with van der Waals surface area (Å²) in [7, 11) is 0. The third-order valence-electron chi connectivity index (χ3n) is 8.14. The van der Waals surface area contributed by atoms with Crippen LogP contribution in [-0.2, 0) is 12.8 Å². The smallest absolute Gasteiger partial charge is 0.170 e. The van der Waals surface area contributed by atoms with E-state index in [0.29, 0.717) is 6.42 Å². The number of aryl methyl sites for hydroxylation is 2. The second-order valence-corrected chi connectivity index (χ2v) is 11.5. The maximum atomic E-state index is 12.2. The van der Waals surface area contributed by atoms with Crippen molar-refractivity contribution in [1.29, 1.82) is 0 Å². The highest BCUT2D eigenvalue weighted by Gasteiger charge is 2.21. The number of ketones is 1. The molecular weight excluding hydrogens is 582 g/mol.